The maximum atomic E-state index is 11.7. The van der Waals surface area contributed by atoms with E-state index in [9.17, 15) is 9.36 Å². The summed E-state index contributed by atoms with van der Waals surface area (Å²) in [5, 5.41) is 2.65. The first-order valence-corrected chi connectivity index (χ1v) is 12.5. The van der Waals surface area contributed by atoms with Crippen LogP contribution in [0.4, 0.5) is 0 Å². The van der Waals surface area contributed by atoms with Crippen LogP contribution in [-0.4, -0.2) is 28.3 Å². The molecule has 0 aromatic carbocycles. The molecule has 0 rings (SSSR count). The van der Waals surface area contributed by atoms with Gasteiger partial charge in [0.25, 0.3) is 0 Å². The molecule has 172 valence electrons. The van der Waals surface area contributed by atoms with Crippen LogP contribution in [0.25, 0.3) is 0 Å². The quantitative estimate of drug-likeness (QED) is 0.143. The summed E-state index contributed by atoms with van der Waals surface area (Å²) in [6, 6.07) is -0.443. The van der Waals surface area contributed by atoms with Gasteiger partial charge in [-0.2, -0.15) is 0 Å². The molecule has 1 amide bonds. The van der Waals surface area contributed by atoms with Crippen LogP contribution >= 0.6 is 7.82 Å². The minimum atomic E-state index is -4.49. The molecule has 0 aliphatic rings. The lowest BCUT2D eigenvalue weighted by Crippen LogP contribution is -2.35. The van der Waals surface area contributed by atoms with Gasteiger partial charge in [-0.05, 0) is 51.9 Å². The summed E-state index contributed by atoms with van der Waals surface area (Å²) in [6.45, 7) is 3.65. The van der Waals surface area contributed by atoms with Gasteiger partial charge in [0.05, 0.1) is 6.61 Å². The number of carbonyl (C=O) groups is 1. The number of phosphoric ester groups is 1. The van der Waals surface area contributed by atoms with Gasteiger partial charge < -0.3 is 15.1 Å². The lowest BCUT2D eigenvalue weighted by Gasteiger charge is -2.14. The Bertz CT molecular complexity index is 592. The fraction of sp³-hybridized carbons (Fsp3) is 0.609. The summed E-state index contributed by atoms with van der Waals surface area (Å²) in [5.74, 6) is -0.146. The molecule has 0 spiro atoms. The van der Waals surface area contributed by atoms with Crippen LogP contribution in [0.3, 0.4) is 0 Å². The summed E-state index contributed by atoms with van der Waals surface area (Å²) in [7, 11) is -4.49. The Kier molecular flexibility index (Phi) is 18.6. The van der Waals surface area contributed by atoms with Crippen molar-refractivity contribution >= 4 is 13.7 Å². The van der Waals surface area contributed by atoms with E-state index in [2.05, 4.69) is 65.4 Å². The molecular weight excluding hydrogens is 401 g/mol. The van der Waals surface area contributed by atoms with Gasteiger partial charge in [-0.1, -0.05) is 68.4 Å². The third-order valence-electron chi connectivity index (χ3n) is 4.13. The third kappa shape index (κ3) is 22.8. The molecule has 0 saturated heterocycles. The van der Waals surface area contributed by atoms with Crippen molar-refractivity contribution in [2.75, 3.05) is 6.61 Å². The maximum Gasteiger partial charge on any atom is 0.469 e. The second-order valence-corrected chi connectivity index (χ2v) is 8.47. The number of unbranched alkanes of at least 4 members (excludes halogenated alkanes) is 4. The Hall–Kier alpha value is -1.46. The molecule has 7 heteroatoms. The molecule has 0 heterocycles. The molecule has 30 heavy (non-hydrogen) atoms. The zero-order valence-corrected chi connectivity index (χ0v) is 19.4. The second-order valence-electron chi connectivity index (χ2n) is 7.24. The highest BCUT2D eigenvalue weighted by atomic mass is 31.2. The van der Waals surface area contributed by atoms with Crippen LogP contribution in [0.1, 0.15) is 78.1 Å². The number of rotatable bonds is 18. The van der Waals surface area contributed by atoms with E-state index >= 15 is 0 Å². The van der Waals surface area contributed by atoms with Crippen molar-refractivity contribution in [2.45, 2.75) is 84.1 Å². The molecular formula is C23H40NO5P. The molecule has 0 aliphatic heterocycles. The number of hydrogen-bond donors (Lipinski definition) is 3. The Morgan fingerprint density at radius 3 is 1.90 bits per heavy atom. The molecule has 0 aromatic heterocycles. The van der Waals surface area contributed by atoms with Crippen molar-refractivity contribution in [2.24, 2.45) is 0 Å². The summed E-state index contributed by atoms with van der Waals surface area (Å²) < 4.78 is 15.0. The average Bonchev–Trinajstić information content (AvgIpc) is 2.68. The Morgan fingerprint density at radius 2 is 1.40 bits per heavy atom. The average molecular weight is 442 g/mol. The van der Waals surface area contributed by atoms with Gasteiger partial charge in [-0.25, -0.2) is 4.57 Å². The third-order valence-corrected chi connectivity index (χ3v) is 4.62. The second kappa shape index (κ2) is 19.5. The van der Waals surface area contributed by atoms with Gasteiger partial charge in [0.2, 0.25) is 5.91 Å². The molecule has 3 N–H and O–H groups in total. The standard InChI is InChI=1S/C23H40NO5P/c1-3-4-5-6-7-8-9-10-11-12-13-14-15-16-17-18-19-20-23(25)24-22(2)21-29-30(26,27)28/h7-8,10-11,13-14,16-17,22H,3-6,9,12,15,18-21H2,1-2H3,(H,24,25)(H2,26,27,28)/b8-7-,11-10-,14-13-,17-16-/t22-/m1/s1. The normalized spacial score (nSPS) is 13.9. The minimum Gasteiger partial charge on any atom is -0.351 e. The SMILES string of the molecule is CCCCC/C=C\C/C=C\C/C=C\C/C=C\CCCC(=O)N[C@H](C)COP(=O)(O)O. The van der Waals surface area contributed by atoms with Crippen LogP contribution in [-0.2, 0) is 13.9 Å². The summed E-state index contributed by atoms with van der Waals surface area (Å²) >= 11 is 0. The van der Waals surface area contributed by atoms with Gasteiger partial charge >= 0.3 is 7.82 Å². The van der Waals surface area contributed by atoms with E-state index in [1.807, 2.05) is 0 Å². The number of hydrogen-bond acceptors (Lipinski definition) is 3. The number of nitrogens with one attached hydrogen (secondary N) is 1. The van der Waals surface area contributed by atoms with Crippen molar-refractivity contribution in [1.29, 1.82) is 0 Å². The van der Waals surface area contributed by atoms with E-state index in [1.54, 1.807) is 6.92 Å². The number of phosphoric acid groups is 1. The summed E-state index contributed by atoms with van der Waals surface area (Å²) in [4.78, 5) is 29.0. The molecule has 0 radical (unpaired) electrons. The van der Waals surface area contributed by atoms with Gasteiger partial charge in [-0.15, -0.1) is 0 Å². The number of allylic oxidation sites excluding steroid dienone is 8. The lowest BCUT2D eigenvalue weighted by atomic mass is 10.2. The van der Waals surface area contributed by atoms with E-state index in [0.717, 1.165) is 32.1 Å². The molecule has 6 nitrogen and oxygen atoms in total. The maximum absolute atomic E-state index is 11.7. The largest absolute Gasteiger partial charge is 0.469 e. The zero-order valence-electron chi connectivity index (χ0n) is 18.5. The Balaban J connectivity index is 3.62. The van der Waals surface area contributed by atoms with Crippen LogP contribution in [0.2, 0.25) is 0 Å². The molecule has 0 aromatic rings. The molecule has 1 atom stereocenters. The van der Waals surface area contributed by atoms with Crippen molar-refractivity contribution in [1.82, 2.24) is 5.32 Å². The highest BCUT2D eigenvalue weighted by Gasteiger charge is 2.16. The van der Waals surface area contributed by atoms with Crippen LogP contribution in [0.5, 0.6) is 0 Å². The highest BCUT2D eigenvalue weighted by molar-refractivity contribution is 7.46. The summed E-state index contributed by atoms with van der Waals surface area (Å²) in [5.41, 5.74) is 0. The smallest absolute Gasteiger partial charge is 0.351 e. The van der Waals surface area contributed by atoms with E-state index in [0.29, 0.717) is 6.42 Å². The first-order chi connectivity index (χ1) is 14.3. The monoisotopic (exact) mass is 441 g/mol. The fourth-order valence-electron chi connectivity index (χ4n) is 2.54. The summed E-state index contributed by atoms with van der Waals surface area (Å²) in [6.07, 6.45) is 27.1. The Labute approximate surface area is 182 Å². The van der Waals surface area contributed by atoms with Gasteiger partial charge in [0.1, 0.15) is 0 Å². The predicted molar refractivity (Wildman–Crippen MR) is 124 cm³/mol. The Morgan fingerprint density at radius 1 is 0.900 bits per heavy atom. The van der Waals surface area contributed by atoms with Crippen LogP contribution in [0.15, 0.2) is 48.6 Å². The van der Waals surface area contributed by atoms with Crippen molar-refractivity contribution in [3.8, 4) is 0 Å². The van der Waals surface area contributed by atoms with Gasteiger partial charge in [0, 0.05) is 12.5 Å². The van der Waals surface area contributed by atoms with E-state index in [-0.39, 0.29) is 12.5 Å². The van der Waals surface area contributed by atoms with Crippen molar-refractivity contribution in [3.63, 3.8) is 0 Å². The van der Waals surface area contributed by atoms with Crippen molar-refractivity contribution < 1.29 is 23.7 Å². The van der Waals surface area contributed by atoms with Crippen molar-refractivity contribution in [3.05, 3.63) is 48.6 Å². The zero-order chi connectivity index (χ0) is 22.5. The van der Waals surface area contributed by atoms with Crippen LogP contribution in [0, 0.1) is 0 Å². The topological polar surface area (TPSA) is 95.9 Å². The predicted octanol–water partition coefficient (Wildman–Crippen LogP) is 5.75. The van der Waals surface area contributed by atoms with Crippen LogP contribution < -0.4 is 5.32 Å². The lowest BCUT2D eigenvalue weighted by molar-refractivity contribution is -0.122. The van der Waals surface area contributed by atoms with E-state index < -0.39 is 13.9 Å². The van der Waals surface area contributed by atoms with Gasteiger partial charge in [-0.3, -0.25) is 9.32 Å². The molecule has 0 unspecified atom stereocenters. The van der Waals surface area contributed by atoms with Gasteiger partial charge in [0.15, 0.2) is 0 Å². The minimum absolute atomic E-state index is 0.146. The van der Waals surface area contributed by atoms with E-state index in [4.69, 9.17) is 9.79 Å². The molecule has 0 saturated carbocycles. The molecule has 0 bridgehead atoms. The molecule has 0 aliphatic carbocycles. The van der Waals surface area contributed by atoms with E-state index in [1.165, 1.54) is 25.7 Å². The first-order valence-electron chi connectivity index (χ1n) is 10.9. The highest BCUT2D eigenvalue weighted by Crippen LogP contribution is 2.35. The molecule has 0 fully saturated rings. The number of amides is 1. The number of carbonyl (C=O) groups excluding carboxylic acids is 1. The first kappa shape index (κ1) is 28.5. The fourth-order valence-corrected chi connectivity index (χ4v) is 2.96.